The summed E-state index contributed by atoms with van der Waals surface area (Å²) in [5.74, 6) is 1.84. The first kappa shape index (κ1) is 18.4. The molecule has 0 radical (unpaired) electrons. The molecule has 0 bridgehead atoms. The minimum Gasteiger partial charge on any atom is -0.308 e. The molecular formula is C17H21BrN4O2S. The van der Waals surface area contributed by atoms with Crippen molar-refractivity contribution < 1.29 is 4.79 Å². The molecular weight excluding hydrogens is 404 g/mol. The normalized spacial score (nSPS) is 15.8. The summed E-state index contributed by atoms with van der Waals surface area (Å²) in [6.45, 7) is 5.48. The van der Waals surface area contributed by atoms with Crippen LogP contribution in [0.3, 0.4) is 0 Å². The molecule has 0 N–H and O–H groups in total. The SMILES string of the molecule is CN(C)CCN1CCN(n2c(=O)sc3ccc(Br)c(C=C=O)c32)CC1. The summed E-state index contributed by atoms with van der Waals surface area (Å²) >= 11 is 4.69. The van der Waals surface area contributed by atoms with Crippen molar-refractivity contribution in [3.05, 3.63) is 31.8 Å². The van der Waals surface area contributed by atoms with Crippen molar-refractivity contribution >= 4 is 49.5 Å². The molecule has 0 aliphatic carbocycles. The van der Waals surface area contributed by atoms with Crippen molar-refractivity contribution in [3.8, 4) is 0 Å². The predicted octanol–water partition coefficient (Wildman–Crippen LogP) is 1.49. The van der Waals surface area contributed by atoms with E-state index >= 15 is 0 Å². The second-order valence-corrected chi connectivity index (χ2v) is 8.20. The zero-order valence-electron chi connectivity index (χ0n) is 14.4. The fourth-order valence-corrected chi connectivity index (χ4v) is 4.39. The maximum Gasteiger partial charge on any atom is 0.326 e. The minimum absolute atomic E-state index is 0.0182. The van der Waals surface area contributed by atoms with Crippen LogP contribution < -0.4 is 9.88 Å². The van der Waals surface area contributed by atoms with E-state index in [1.165, 1.54) is 17.4 Å². The molecule has 8 heteroatoms. The third kappa shape index (κ3) is 3.88. The summed E-state index contributed by atoms with van der Waals surface area (Å²) in [6, 6.07) is 3.78. The molecule has 1 saturated heterocycles. The van der Waals surface area contributed by atoms with Crippen LogP contribution in [0.5, 0.6) is 0 Å². The first-order valence-electron chi connectivity index (χ1n) is 8.18. The van der Waals surface area contributed by atoms with Gasteiger partial charge in [-0.1, -0.05) is 27.3 Å². The molecule has 0 unspecified atom stereocenters. The first-order valence-corrected chi connectivity index (χ1v) is 9.79. The number of aromatic nitrogens is 1. The van der Waals surface area contributed by atoms with Gasteiger partial charge in [-0.3, -0.25) is 9.69 Å². The van der Waals surface area contributed by atoms with Gasteiger partial charge in [0.05, 0.1) is 10.2 Å². The van der Waals surface area contributed by atoms with Gasteiger partial charge in [0.1, 0.15) is 5.94 Å². The largest absolute Gasteiger partial charge is 0.326 e. The van der Waals surface area contributed by atoms with Gasteiger partial charge in [-0.25, -0.2) is 9.47 Å². The summed E-state index contributed by atoms with van der Waals surface area (Å²) in [4.78, 5) is 28.1. The van der Waals surface area contributed by atoms with Crippen LogP contribution in [0.25, 0.3) is 16.3 Å². The quantitative estimate of drug-likeness (QED) is 0.680. The van der Waals surface area contributed by atoms with E-state index in [1.807, 2.05) is 18.1 Å². The molecule has 1 aromatic carbocycles. The number of carbonyl (C=O) groups excluding carboxylic acids is 1. The van der Waals surface area contributed by atoms with Crippen LogP contribution in [0.2, 0.25) is 0 Å². The molecule has 2 aromatic rings. The summed E-state index contributed by atoms with van der Waals surface area (Å²) in [7, 11) is 4.15. The van der Waals surface area contributed by atoms with E-state index in [9.17, 15) is 9.59 Å². The Kier molecular flexibility index (Phi) is 5.76. The summed E-state index contributed by atoms with van der Waals surface area (Å²) in [6.07, 6.45) is 1.39. The first-order chi connectivity index (χ1) is 12.0. The van der Waals surface area contributed by atoms with E-state index in [-0.39, 0.29) is 4.87 Å². The molecule has 6 nitrogen and oxygen atoms in total. The van der Waals surface area contributed by atoms with Gasteiger partial charge < -0.3 is 9.91 Å². The number of benzene rings is 1. The Balaban J connectivity index is 1.90. The van der Waals surface area contributed by atoms with E-state index in [2.05, 4.69) is 44.8 Å². The molecule has 25 heavy (non-hydrogen) atoms. The number of rotatable bonds is 5. The Hall–Kier alpha value is -1.44. The molecule has 0 amide bonds. The van der Waals surface area contributed by atoms with Gasteiger partial charge in [-0.15, -0.1) is 0 Å². The van der Waals surface area contributed by atoms with Gasteiger partial charge in [0.2, 0.25) is 0 Å². The van der Waals surface area contributed by atoms with Crippen LogP contribution in [0.4, 0.5) is 0 Å². The van der Waals surface area contributed by atoms with E-state index in [1.54, 1.807) is 4.68 Å². The number of fused-ring (bicyclic) bond motifs is 1. The van der Waals surface area contributed by atoms with Crippen LogP contribution >= 0.6 is 27.3 Å². The van der Waals surface area contributed by atoms with Crippen LogP contribution in [0.1, 0.15) is 5.56 Å². The lowest BCUT2D eigenvalue weighted by atomic mass is 10.2. The topological polar surface area (TPSA) is 48.8 Å². The van der Waals surface area contributed by atoms with E-state index in [0.717, 1.165) is 54.0 Å². The Labute approximate surface area is 159 Å². The molecule has 0 saturated carbocycles. The van der Waals surface area contributed by atoms with Gasteiger partial charge in [0.15, 0.2) is 0 Å². The fourth-order valence-electron chi connectivity index (χ4n) is 3.05. The number of likely N-dealkylation sites (N-methyl/N-ethyl adjacent to an activating group) is 1. The summed E-state index contributed by atoms with van der Waals surface area (Å²) in [5, 5.41) is 2.09. The van der Waals surface area contributed by atoms with Crippen LogP contribution in [-0.2, 0) is 4.79 Å². The van der Waals surface area contributed by atoms with Crippen LogP contribution in [-0.4, -0.2) is 73.8 Å². The number of hydrogen-bond acceptors (Lipinski definition) is 6. The number of piperazine rings is 1. The maximum absolute atomic E-state index is 12.6. The van der Waals surface area contributed by atoms with Crippen molar-refractivity contribution in [3.63, 3.8) is 0 Å². The number of halogens is 1. The third-order valence-corrected chi connectivity index (χ3v) is 6.00. The van der Waals surface area contributed by atoms with E-state index < -0.39 is 0 Å². The van der Waals surface area contributed by atoms with Crippen LogP contribution in [0.15, 0.2) is 21.4 Å². The number of nitrogens with zero attached hydrogens (tertiary/aromatic N) is 4. The molecule has 1 aliphatic rings. The average Bonchev–Trinajstić information content (AvgIpc) is 2.92. The second-order valence-electron chi connectivity index (χ2n) is 6.35. The lowest BCUT2D eigenvalue weighted by molar-refractivity contribution is 0.217. The Morgan fingerprint density at radius 3 is 2.64 bits per heavy atom. The highest BCUT2D eigenvalue weighted by Gasteiger charge is 2.22. The summed E-state index contributed by atoms with van der Waals surface area (Å²) in [5.41, 5.74) is 1.50. The minimum atomic E-state index is -0.0182. The highest BCUT2D eigenvalue weighted by Crippen LogP contribution is 2.29. The number of thiazole rings is 1. The van der Waals surface area contributed by atoms with Crippen molar-refractivity contribution in [1.82, 2.24) is 14.5 Å². The zero-order valence-corrected chi connectivity index (χ0v) is 16.8. The summed E-state index contributed by atoms with van der Waals surface area (Å²) < 4.78 is 3.40. The van der Waals surface area contributed by atoms with Crippen LogP contribution in [0, 0.1) is 0 Å². The van der Waals surface area contributed by atoms with Gasteiger partial charge in [0, 0.05) is 55.4 Å². The van der Waals surface area contributed by atoms with Crippen molar-refractivity contribution in [2.24, 2.45) is 0 Å². The molecule has 0 atom stereocenters. The van der Waals surface area contributed by atoms with Crippen molar-refractivity contribution in [2.45, 2.75) is 0 Å². The molecule has 0 spiro atoms. The molecule has 1 fully saturated rings. The monoisotopic (exact) mass is 424 g/mol. The van der Waals surface area contributed by atoms with Gasteiger partial charge in [0.25, 0.3) is 0 Å². The molecule has 3 rings (SSSR count). The smallest absolute Gasteiger partial charge is 0.308 e. The van der Waals surface area contributed by atoms with Crippen molar-refractivity contribution in [1.29, 1.82) is 0 Å². The zero-order chi connectivity index (χ0) is 18.0. The Bertz CT molecular complexity index is 861. The van der Waals surface area contributed by atoms with Gasteiger partial charge in [-0.2, -0.15) is 0 Å². The highest BCUT2D eigenvalue weighted by atomic mass is 79.9. The fraction of sp³-hybridized carbons (Fsp3) is 0.471. The van der Waals surface area contributed by atoms with E-state index in [0.29, 0.717) is 5.56 Å². The Morgan fingerprint density at radius 1 is 1.28 bits per heavy atom. The lowest BCUT2D eigenvalue weighted by Gasteiger charge is -2.36. The number of hydrogen-bond donors (Lipinski definition) is 0. The second kappa shape index (κ2) is 7.85. The molecule has 134 valence electrons. The third-order valence-electron chi connectivity index (χ3n) is 4.41. The van der Waals surface area contributed by atoms with Gasteiger partial charge >= 0.3 is 4.87 Å². The Morgan fingerprint density at radius 2 is 2.00 bits per heavy atom. The molecule has 2 heterocycles. The average molecular weight is 425 g/mol. The highest BCUT2D eigenvalue weighted by molar-refractivity contribution is 9.10. The van der Waals surface area contributed by atoms with Gasteiger partial charge in [-0.05, 0) is 26.2 Å². The molecule has 1 aliphatic heterocycles. The standard InChI is InChI=1S/C17H21BrN4O2S/c1-19(2)6-7-20-8-10-21(11-9-20)22-16-13(5-12-23)14(18)3-4-15(16)25-17(22)24/h3-5H,6-11H2,1-2H3. The van der Waals surface area contributed by atoms with Crippen molar-refractivity contribution in [2.75, 3.05) is 58.4 Å². The molecule has 1 aromatic heterocycles. The van der Waals surface area contributed by atoms with E-state index in [4.69, 9.17) is 0 Å². The predicted molar refractivity (Wildman–Crippen MR) is 107 cm³/mol. The lowest BCUT2D eigenvalue weighted by Crippen LogP contribution is -2.54. The maximum atomic E-state index is 12.6.